The zero-order valence-corrected chi connectivity index (χ0v) is 19.3. The van der Waals surface area contributed by atoms with E-state index in [1.54, 1.807) is 6.20 Å². The molecule has 1 saturated heterocycles. The van der Waals surface area contributed by atoms with Gasteiger partial charge in [0.25, 0.3) is 0 Å². The molecule has 0 bridgehead atoms. The molecule has 1 fully saturated rings. The molecule has 0 saturated carbocycles. The minimum absolute atomic E-state index is 0.0146. The Kier molecular flexibility index (Phi) is 8.43. The van der Waals surface area contributed by atoms with Crippen LogP contribution in [0.2, 0.25) is 0 Å². The summed E-state index contributed by atoms with van der Waals surface area (Å²) in [4.78, 5) is 54.2. The lowest BCUT2D eigenvalue weighted by Crippen LogP contribution is -2.58. The molecule has 2 aromatic rings. The summed E-state index contributed by atoms with van der Waals surface area (Å²) in [6, 6.07) is 2.49. The van der Waals surface area contributed by atoms with E-state index in [4.69, 9.17) is 5.73 Å². The predicted octanol–water partition coefficient (Wildman–Crippen LogP) is -1.54. The molecule has 1 aromatic carbocycles. The number of hydrogen-bond donors (Lipinski definition) is 7. The lowest BCUT2D eigenvalue weighted by atomic mass is 10.0. The molecule has 12 nitrogen and oxygen atoms in total. The highest BCUT2D eigenvalue weighted by Crippen LogP contribution is 2.20. The Morgan fingerprint density at radius 1 is 1.20 bits per heavy atom. The number of carbonyl (C=O) groups excluding carboxylic acids is 3. The summed E-state index contributed by atoms with van der Waals surface area (Å²) in [6.45, 7) is 0.860. The van der Waals surface area contributed by atoms with Crippen LogP contribution in [-0.2, 0) is 25.6 Å². The SMILES string of the molecule is CC(O)C(N)C(=O)N1CCCC1C(=O)NC(CO)C(=O)NC(Cc1c[nH]c2ccccc12)C(=O)O. The Bertz CT molecular complexity index is 1090. The number of aliphatic hydroxyl groups excluding tert-OH is 2. The zero-order valence-electron chi connectivity index (χ0n) is 19.3. The average molecular weight is 490 g/mol. The number of carboxylic acids is 1. The van der Waals surface area contributed by atoms with E-state index in [2.05, 4.69) is 15.6 Å². The van der Waals surface area contributed by atoms with Gasteiger partial charge in [-0.25, -0.2) is 4.79 Å². The molecule has 1 aliphatic heterocycles. The van der Waals surface area contributed by atoms with Gasteiger partial charge in [-0.05, 0) is 31.4 Å². The molecule has 0 spiro atoms. The van der Waals surface area contributed by atoms with Crippen LogP contribution in [0.1, 0.15) is 25.3 Å². The van der Waals surface area contributed by atoms with Gasteiger partial charge in [-0.3, -0.25) is 14.4 Å². The molecule has 5 unspecified atom stereocenters. The van der Waals surface area contributed by atoms with Crippen molar-refractivity contribution in [3.8, 4) is 0 Å². The number of rotatable bonds is 10. The molecule has 3 rings (SSSR count). The fourth-order valence-corrected chi connectivity index (χ4v) is 4.16. The number of aromatic amines is 1. The van der Waals surface area contributed by atoms with Crippen LogP contribution in [0.3, 0.4) is 0 Å². The zero-order chi connectivity index (χ0) is 25.7. The Labute approximate surface area is 201 Å². The van der Waals surface area contributed by atoms with Crippen molar-refractivity contribution in [2.24, 2.45) is 5.73 Å². The van der Waals surface area contributed by atoms with Crippen LogP contribution in [0.25, 0.3) is 10.9 Å². The van der Waals surface area contributed by atoms with Gasteiger partial charge in [0.2, 0.25) is 17.7 Å². The lowest BCUT2D eigenvalue weighted by Gasteiger charge is -2.29. The lowest BCUT2D eigenvalue weighted by molar-refractivity contribution is -0.143. The number of hydrogen-bond acceptors (Lipinski definition) is 7. The van der Waals surface area contributed by atoms with E-state index >= 15 is 0 Å². The van der Waals surface area contributed by atoms with Crippen LogP contribution in [0, 0.1) is 0 Å². The molecule has 35 heavy (non-hydrogen) atoms. The van der Waals surface area contributed by atoms with Crippen LogP contribution in [0.5, 0.6) is 0 Å². The Hall–Kier alpha value is -3.48. The fourth-order valence-electron chi connectivity index (χ4n) is 4.16. The highest BCUT2D eigenvalue weighted by Gasteiger charge is 2.38. The maximum Gasteiger partial charge on any atom is 0.326 e. The van der Waals surface area contributed by atoms with Gasteiger partial charge in [-0.1, -0.05) is 18.2 Å². The molecule has 12 heteroatoms. The number of fused-ring (bicyclic) bond motifs is 1. The second-order valence-corrected chi connectivity index (χ2v) is 8.66. The number of amides is 3. The maximum atomic E-state index is 12.8. The molecule has 5 atom stereocenters. The van der Waals surface area contributed by atoms with Crippen LogP contribution >= 0.6 is 0 Å². The van der Waals surface area contributed by atoms with Gasteiger partial charge in [-0.15, -0.1) is 0 Å². The predicted molar refractivity (Wildman–Crippen MR) is 125 cm³/mol. The summed E-state index contributed by atoms with van der Waals surface area (Å²) < 4.78 is 0. The van der Waals surface area contributed by atoms with Crippen LogP contribution in [-0.4, -0.2) is 92.3 Å². The number of benzene rings is 1. The number of aliphatic hydroxyl groups is 2. The molecule has 8 N–H and O–H groups in total. The Morgan fingerprint density at radius 2 is 1.91 bits per heavy atom. The van der Waals surface area contributed by atoms with Gasteiger partial charge in [0, 0.05) is 30.1 Å². The van der Waals surface area contributed by atoms with Gasteiger partial charge in [-0.2, -0.15) is 0 Å². The van der Waals surface area contributed by atoms with Crippen molar-refractivity contribution in [1.29, 1.82) is 0 Å². The third-order valence-corrected chi connectivity index (χ3v) is 6.17. The minimum atomic E-state index is -1.42. The second-order valence-electron chi connectivity index (χ2n) is 8.66. The number of aliphatic carboxylic acids is 1. The summed E-state index contributed by atoms with van der Waals surface area (Å²) >= 11 is 0. The van der Waals surface area contributed by atoms with Crippen molar-refractivity contribution in [2.75, 3.05) is 13.2 Å². The molecule has 1 aromatic heterocycles. The van der Waals surface area contributed by atoms with Crippen LogP contribution in [0.4, 0.5) is 0 Å². The quantitative estimate of drug-likeness (QED) is 0.208. The van der Waals surface area contributed by atoms with Crippen molar-refractivity contribution in [3.05, 3.63) is 36.0 Å². The number of nitrogens with one attached hydrogen (secondary N) is 3. The van der Waals surface area contributed by atoms with Crippen LogP contribution in [0.15, 0.2) is 30.5 Å². The summed E-state index contributed by atoms with van der Waals surface area (Å²) in [5.41, 5.74) is 7.23. The highest BCUT2D eigenvalue weighted by molar-refractivity contribution is 5.94. The van der Waals surface area contributed by atoms with Crippen molar-refractivity contribution in [1.82, 2.24) is 20.5 Å². The molecule has 0 aliphatic carbocycles. The number of H-pyrrole nitrogens is 1. The normalized spacial score (nSPS) is 19.1. The van der Waals surface area contributed by atoms with Gasteiger partial charge < -0.3 is 41.6 Å². The number of para-hydroxylation sites is 1. The summed E-state index contributed by atoms with van der Waals surface area (Å²) in [5, 5.41) is 34.5. The van der Waals surface area contributed by atoms with Gasteiger partial charge in [0.15, 0.2) is 0 Å². The molecule has 0 radical (unpaired) electrons. The Balaban J connectivity index is 1.66. The monoisotopic (exact) mass is 489 g/mol. The number of likely N-dealkylation sites (tertiary alicyclic amines) is 1. The van der Waals surface area contributed by atoms with E-state index < -0.39 is 60.6 Å². The first-order valence-electron chi connectivity index (χ1n) is 11.4. The van der Waals surface area contributed by atoms with Crippen molar-refractivity contribution in [3.63, 3.8) is 0 Å². The summed E-state index contributed by atoms with van der Waals surface area (Å²) in [5.74, 6) is -3.41. The minimum Gasteiger partial charge on any atom is -0.480 e. The second kappa shape index (κ2) is 11.3. The molecule has 2 heterocycles. The molecule has 190 valence electrons. The van der Waals surface area contributed by atoms with Gasteiger partial charge in [0.1, 0.15) is 24.2 Å². The van der Waals surface area contributed by atoms with E-state index in [1.807, 2.05) is 24.3 Å². The van der Waals surface area contributed by atoms with Crippen molar-refractivity contribution in [2.45, 2.75) is 56.5 Å². The van der Waals surface area contributed by atoms with Crippen molar-refractivity contribution < 1.29 is 34.5 Å². The number of carboxylic acid groups (broad SMARTS) is 1. The van der Waals surface area contributed by atoms with Gasteiger partial charge >= 0.3 is 5.97 Å². The van der Waals surface area contributed by atoms with Gasteiger partial charge in [0.05, 0.1) is 12.7 Å². The first-order valence-corrected chi connectivity index (χ1v) is 11.4. The first-order chi connectivity index (χ1) is 16.6. The number of carbonyl (C=O) groups is 4. The fraction of sp³-hybridized carbons (Fsp3) is 0.478. The van der Waals surface area contributed by atoms with Crippen LogP contribution < -0.4 is 16.4 Å². The smallest absolute Gasteiger partial charge is 0.326 e. The average Bonchev–Trinajstić information content (AvgIpc) is 3.48. The number of nitrogens with two attached hydrogens (primary N) is 1. The third kappa shape index (κ3) is 5.96. The van der Waals surface area contributed by atoms with E-state index in [0.717, 1.165) is 10.9 Å². The number of nitrogens with zero attached hydrogens (tertiary/aromatic N) is 1. The van der Waals surface area contributed by atoms with E-state index in [-0.39, 0.29) is 13.0 Å². The third-order valence-electron chi connectivity index (χ3n) is 6.17. The first kappa shape index (κ1) is 26.1. The van der Waals surface area contributed by atoms with E-state index in [1.165, 1.54) is 11.8 Å². The van der Waals surface area contributed by atoms with E-state index in [0.29, 0.717) is 18.4 Å². The standard InChI is InChI=1S/C23H31N5O7/c1-12(30)19(24)22(33)28-8-4-7-18(28)21(32)27-17(11-29)20(31)26-16(23(34)35)9-13-10-25-15-6-3-2-5-14(13)15/h2-3,5-6,10,12,16-19,25,29-30H,4,7-9,11,24H2,1H3,(H,26,31)(H,27,32)(H,34,35). The molecular weight excluding hydrogens is 458 g/mol. The molecular formula is C23H31N5O7. The summed E-state index contributed by atoms with van der Waals surface area (Å²) in [7, 11) is 0. The summed E-state index contributed by atoms with van der Waals surface area (Å²) in [6.07, 6.45) is 1.40. The largest absolute Gasteiger partial charge is 0.480 e. The van der Waals surface area contributed by atoms with E-state index in [9.17, 15) is 34.5 Å². The maximum absolute atomic E-state index is 12.8. The highest BCUT2D eigenvalue weighted by atomic mass is 16.4. The molecule has 3 amide bonds. The van der Waals surface area contributed by atoms with Crippen molar-refractivity contribution >= 4 is 34.6 Å². The number of aromatic nitrogens is 1. The molecule has 1 aliphatic rings. The Morgan fingerprint density at radius 3 is 2.57 bits per heavy atom. The topological polar surface area (TPSA) is 198 Å².